The van der Waals surface area contributed by atoms with Crippen LogP contribution in [0.1, 0.15) is 5.56 Å². The van der Waals surface area contributed by atoms with E-state index in [1.54, 1.807) is 0 Å². The van der Waals surface area contributed by atoms with E-state index in [1.807, 2.05) is 0 Å². The molecule has 0 saturated carbocycles. The van der Waals surface area contributed by atoms with Crippen molar-refractivity contribution < 1.29 is 18.3 Å². The second kappa shape index (κ2) is 3.32. The molecule has 1 aliphatic rings. The normalized spacial score (nSPS) is 23.9. The van der Waals surface area contributed by atoms with Gasteiger partial charge in [0, 0.05) is 6.42 Å². The highest BCUT2D eigenvalue weighted by Crippen LogP contribution is 2.55. The lowest BCUT2D eigenvalue weighted by atomic mass is 10.00. The zero-order valence-corrected chi connectivity index (χ0v) is 8.69. The molecule has 0 amide bonds. The molecule has 1 unspecified atom stereocenters. The topological polar surface area (TPSA) is 44.0 Å². The number of rotatable bonds is 0. The maximum absolute atomic E-state index is 12.8. The summed E-state index contributed by atoms with van der Waals surface area (Å²) in [5, 5.41) is 18.2. The Kier molecular flexibility index (Phi) is 2.31. The van der Waals surface area contributed by atoms with Crippen molar-refractivity contribution in [2.24, 2.45) is 0 Å². The lowest BCUT2D eigenvalue weighted by Crippen LogP contribution is -2.40. The largest absolute Gasteiger partial charge is 0.507 e. The predicted octanol–water partition coefficient (Wildman–Crippen LogP) is 2.87. The molecule has 0 saturated heterocycles. The van der Waals surface area contributed by atoms with Crippen molar-refractivity contribution in [2.75, 3.05) is 0 Å². The molecular formula is C10H6F3NOS. The summed E-state index contributed by atoms with van der Waals surface area (Å²) >= 11 is 0.381. The first-order valence-corrected chi connectivity index (χ1v) is 5.19. The number of phenols is 1. The number of halogens is 3. The number of hydrogen-bond donors (Lipinski definition) is 1. The van der Waals surface area contributed by atoms with E-state index in [1.165, 1.54) is 24.3 Å². The summed E-state index contributed by atoms with van der Waals surface area (Å²) < 4.78 is 35.9. The summed E-state index contributed by atoms with van der Waals surface area (Å²) in [5.74, 6) is -0.205. The number of aromatic hydroxyl groups is 1. The number of fused-ring (bicyclic) bond motifs is 1. The van der Waals surface area contributed by atoms with Crippen LogP contribution < -0.4 is 0 Å². The van der Waals surface area contributed by atoms with E-state index in [9.17, 15) is 18.3 Å². The zero-order chi connectivity index (χ0) is 12.0. The summed E-state index contributed by atoms with van der Waals surface area (Å²) in [5.41, 5.74) is 0.365. The third-order valence-electron chi connectivity index (χ3n) is 2.43. The van der Waals surface area contributed by atoms with Gasteiger partial charge in [0.2, 0.25) is 4.75 Å². The molecule has 1 aromatic rings. The lowest BCUT2D eigenvalue weighted by Gasteiger charge is -2.22. The molecule has 0 bridgehead atoms. The SMILES string of the molecule is N#CC1(C(F)(F)F)Cc2cccc(O)c2S1. The van der Waals surface area contributed by atoms with Crippen LogP contribution >= 0.6 is 11.8 Å². The van der Waals surface area contributed by atoms with Gasteiger partial charge >= 0.3 is 6.18 Å². The molecule has 0 aromatic heterocycles. The van der Waals surface area contributed by atoms with Crippen molar-refractivity contribution in [3.8, 4) is 11.8 Å². The van der Waals surface area contributed by atoms with Crippen molar-refractivity contribution in [1.29, 1.82) is 5.26 Å². The number of hydrogen-bond acceptors (Lipinski definition) is 3. The smallest absolute Gasteiger partial charge is 0.416 e. The molecule has 1 atom stereocenters. The number of alkyl halides is 3. The number of benzene rings is 1. The molecule has 0 radical (unpaired) electrons. The molecule has 2 nitrogen and oxygen atoms in total. The Morgan fingerprint density at radius 2 is 2.12 bits per heavy atom. The van der Waals surface area contributed by atoms with Crippen molar-refractivity contribution in [1.82, 2.24) is 0 Å². The van der Waals surface area contributed by atoms with Crippen LogP contribution in [0.25, 0.3) is 0 Å². The van der Waals surface area contributed by atoms with E-state index in [-0.39, 0.29) is 10.6 Å². The van der Waals surface area contributed by atoms with Crippen LogP contribution in [0.3, 0.4) is 0 Å². The molecule has 0 fully saturated rings. The Labute approximate surface area is 93.7 Å². The summed E-state index contributed by atoms with van der Waals surface area (Å²) in [7, 11) is 0. The molecular weight excluding hydrogens is 239 g/mol. The van der Waals surface area contributed by atoms with E-state index >= 15 is 0 Å². The Morgan fingerprint density at radius 3 is 2.62 bits per heavy atom. The standard InChI is InChI=1S/C10H6F3NOS/c11-10(12,13)9(5-14)4-6-2-1-3-7(15)8(6)16-9/h1-3,15H,4H2. The van der Waals surface area contributed by atoms with Crippen LogP contribution in [-0.2, 0) is 6.42 Å². The van der Waals surface area contributed by atoms with Gasteiger partial charge < -0.3 is 5.11 Å². The first-order valence-electron chi connectivity index (χ1n) is 4.37. The molecule has 1 aliphatic heterocycles. The summed E-state index contributed by atoms with van der Waals surface area (Å²) in [6.07, 6.45) is -5.03. The van der Waals surface area contributed by atoms with E-state index in [4.69, 9.17) is 5.26 Å². The molecule has 84 valence electrons. The monoisotopic (exact) mass is 245 g/mol. The van der Waals surface area contributed by atoms with E-state index < -0.39 is 17.3 Å². The van der Waals surface area contributed by atoms with Gasteiger partial charge in [-0.1, -0.05) is 23.9 Å². The van der Waals surface area contributed by atoms with Gasteiger partial charge in [0.05, 0.1) is 11.0 Å². The van der Waals surface area contributed by atoms with Gasteiger partial charge in [0.1, 0.15) is 5.75 Å². The fourth-order valence-electron chi connectivity index (χ4n) is 1.59. The van der Waals surface area contributed by atoms with Gasteiger partial charge in [0.25, 0.3) is 0 Å². The molecule has 0 spiro atoms. The first kappa shape index (κ1) is 11.1. The molecule has 1 heterocycles. The molecule has 16 heavy (non-hydrogen) atoms. The van der Waals surface area contributed by atoms with Crippen LogP contribution in [0.15, 0.2) is 23.1 Å². The number of thioether (sulfide) groups is 1. The Morgan fingerprint density at radius 1 is 1.44 bits per heavy atom. The van der Waals surface area contributed by atoms with Crippen LogP contribution in [0.5, 0.6) is 5.75 Å². The molecule has 1 N–H and O–H groups in total. The van der Waals surface area contributed by atoms with Crippen molar-refractivity contribution in [3.05, 3.63) is 23.8 Å². The van der Waals surface area contributed by atoms with Gasteiger partial charge in [-0.15, -0.1) is 0 Å². The molecule has 2 rings (SSSR count). The maximum atomic E-state index is 12.8. The number of nitrogens with zero attached hydrogens (tertiary/aromatic N) is 1. The van der Waals surface area contributed by atoms with Gasteiger partial charge in [-0.25, -0.2) is 0 Å². The maximum Gasteiger partial charge on any atom is 0.416 e. The Balaban J connectivity index is 2.49. The number of phenolic OH excluding ortho intramolecular Hbond substituents is 1. The minimum Gasteiger partial charge on any atom is -0.507 e. The van der Waals surface area contributed by atoms with Crippen molar-refractivity contribution in [3.63, 3.8) is 0 Å². The second-order valence-electron chi connectivity index (χ2n) is 3.48. The van der Waals surface area contributed by atoms with E-state index in [2.05, 4.69) is 0 Å². The van der Waals surface area contributed by atoms with Crippen LogP contribution in [-0.4, -0.2) is 16.0 Å². The molecule has 0 aliphatic carbocycles. The fraction of sp³-hybridized carbons (Fsp3) is 0.300. The van der Waals surface area contributed by atoms with Gasteiger partial charge in [-0.3, -0.25) is 0 Å². The van der Waals surface area contributed by atoms with Gasteiger partial charge in [0.15, 0.2) is 0 Å². The highest BCUT2D eigenvalue weighted by Gasteiger charge is 2.60. The molecule has 6 heteroatoms. The Bertz CT molecular complexity index is 480. The minimum atomic E-state index is -4.61. The van der Waals surface area contributed by atoms with Crippen LogP contribution in [0.4, 0.5) is 13.2 Å². The van der Waals surface area contributed by atoms with E-state index in [0.29, 0.717) is 17.3 Å². The third kappa shape index (κ3) is 1.43. The lowest BCUT2D eigenvalue weighted by molar-refractivity contribution is -0.144. The zero-order valence-electron chi connectivity index (χ0n) is 7.88. The molecule has 1 aromatic carbocycles. The van der Waals surface area contributed by atoms with Crippen LogP contribution in [0, 0.1) is 11.3 Å². The minimum absolute atomic E-state index is 0.154. The summed E-state index contributed by atoms with van der Waals surface area (Å²) in [6.45, 7) is 0. The fourth-order valence-corrected chi connectivity index (χ4v) is 2.77. The average Bonchev–Trinajstić information content (AvgIpc) is 2.58. The number of nitriles is 1. The van der Waals surface area contributed by atoms with Crippen LogP contribution in [0.2, 0.25) is 0 Å². The highest BCUT2D eigenvalue weighted by molar-refractivity contribution is 8.01. The summed E-state index contributed by atoms with van der Waals surface area (Å²) in [6, 6.07) is 5.60. The quantitative estimate of drug-likeness (QED) is 0.764. The van der Waals surface area contributed by atoms with Crippen molar-refractivity contribution in [2.45, 2.75) is 22.2 Å². The van der Waals surface area contributed by atoms with Gasteiger partial charge in [-0.2, -0.15) is 18.4 Å². The highest BCUT2D eigenvalue weighted by atomic mass is 32.2. The third-order valence-corrected chi connectivity index (χ3v) is 3.92. The summed E-state index contributed by atoms with van der Waals surface area (Å²) in [4.78, 5) is 0.154. The second-order valence-corrected chi connectivity index (χ2v) is 4.79. The average molecular weight is 245 g/mol. The van der Waals surface area contributed by atoms with Crippen molar-refractivity contribution >= 4 is 11.8 Å². The Hall–Kier alpha value is -1.35. The predicted molar refractivity (Wildman–Crippen MR) is 52.1 cm³/mol. The first-order chi connectivity index (χ1) is 7.39. The van der Waals surface area contributed by atoms with E-state index in [0.717, 1.165) is 0 Å². The van der Waals surface area contributed by atoms with Gasteiger partial charge in [-0.05, 0) is 11.6 Å².